The smallest absolute Gasteiger partial charge is 0.332 e. The number of piperazine rings is 1. The second kappa shape index (κ2) is 3.25. The molecule has 12 heavy (non-hydrogen) atoms. The Balaban J connectivity index is 1.91. The van der Waals surface area contributed by atoms with Crippen molar-refractivity contribution in [2.75, 3.05) is 26.2 Å². The second-order valence-corrected chi connectivity index (χ2v) is 2.89. The maximum absolute atomic E-state index is 10.7. The predicted octanol–water partition coefficient (Wildman–Crippen LogP) is -0.655. The number of carbonyl (C=O) groups is 1. The van der Waals surface area contributed by atoms with Gasteiger partial charge in [-0.1, -0.05) is 0 Å². The fourth-order valence-corrected chi connectivity index (χ4v) is 1.43. The lowest BCUT2D eigenvalue weighted by Gasteiger charge is -2.29. The molecule has 0 aromatic rings. The van der Waals surface area contributed by atoms with Crippen molar-refractivity contribution in [3.8, 4) is 0 Å². The van der Waals surface area contributed by atoms with Gasteiger partial charge in [0.2, 0.25) is 0 Å². The van der Waals surface area contributed by atoms with Gasteiger partial charge in [0.25, 0.3) is 0 Å². The highest BCUT2D eigenvalue weighted by Crippen LogP contribution is 2.11. The maximum atomic E-state index is 10.7. The van der Waals surface area contributed by atoms with Gasteiger partial charge < -0.3 is 4.74 Å². The predicted molar refractivity (Wildman–Crippen MR) is 42.5 cm³/mol. The third-order valence-electron chi connectivity index (χ3n) is 2.08. The second-order valence-electron chi connectivity index (χ2n) is 2.89. The zero-order valence-electron chi connectivity index (χ0n) is 6.77. The summed E-state index contributed by atoms with van der Waals surface area (Å²) in [5, 5.41) is 4.21. The fraction of sp³-hybridized carbons (Fsp3) is 0.625. The van der Waals surface area contributed by atoms with Crippen LogP contribution in [0.25, 0.3) is 0 Å². The molecule has 0 N–H and O–H groups in total. The van der Waals surface area contributed by atoms with E-state index in [0.717, 1.165) is 26.2 Å². The van der Waals surface area contributed by atoms with Crippen molar-refractivity contribution in [3.05, 3.63) is 12.2 Å². The molecule has 0 aromatic heterocycles. The number of carbonyl (C=O) groups excluding carboxylic acids is 1. The maximum Gasteiger partial charge on any atom is 0.332 e. The van der Waals surface area contributed by atoms with Crippen LogP contribution in [0.4, 0.5) is 0 Å². The summed E-state index contributed by atoms with van der Waals surface area (Å²) in [5.74, 6) is -0.234. The molecule has 1 saturated heterocycles. The molecule has 2 aliphatic rings. The number of nitrogens with zero attached hydrogens (tertiary/aromatic N) is 2. The largest absolute Gasteiger partial charge is 0.439 e. The minimum Gasteiger partial charge on any atom is -0.439 e. The van der Waals surface area contributed by atoms with Gasteiger partial charge in [-0.15, -0.1) is 0 Å². The quantitative estimate of drug-likeness (QED) is 0.487. The van der Waals surface area contributed by atoms with Crippen LogP contribution in [0.5, 0.6) is 0 Å². The first-order valence-electron chi connectivity index (χ1n) is 4.12. The Hall–Kier alpha value is -0.870. The normalized spacial score (nSPS) is 30.7. The third kappa shape index (κ3) is 1.49. The van der Waals surface area contributed by atoms with E-state index in [1.54, 1.807) is 6.08 Å². The van der Waals surface area contributed by atoms with Crippen LogP contribution in [0.15, 0.2) is 12.2 Å². The Morgan fingerprint density at radius 3 is 2.83 bits per heavy atom. The van der Waals surface area contributed by atoms with Gasteiger partial charge in [0.1, 0.15) is 0 Å². The van der Waals surface area contributed by atoms with Gasteiger partial charge in [0.05, 0.1) is 0 Å². The number of hydrogen-bond donors (Lipinski definition) is 0. The Labute approximate surface area is 71.2 Å². The molecule has 0 spiro atoms. The van der Waals surface area contributed by atoms with Crippen LogP contribution in [-0.4, -0.2) is 43.3 Å². The lowest BCUT2D eigenvalue weighted by molar-refractivity contribution is -0.145. The van der Waals surface area contributed by atoms with Crippen LogP contribution in [-0.2, 0) is 9.53 Å². The summed E-state index contributed by atoms with van der Waals surface area (Å²) in [7, 11) is 0. The highest BCUT2D eigenvalue weighted by Gasteiger charge is 2.24. The number of hydrogen-bond acceptors (Lipinski definition) is 3. The first-order chi connectivity index (χ1) is 5.86. The average molecular weight is 167 g/mol. The Kier molecular flexibility index (Phi) is 2.10. The molecule has 65 valence electrons. The third-order valence-corrected chi connectivity index (χ3v) is 2.08. The summed E-state index contributed by atoms with van der Waals surface area (Å²) in [5.41, 5.74) is 0. The van der Waals surface area contributed by atoms with E-state index in [1.165, 1.54) is 6.08 Å². The molecule has 2 heterocycles. The number of ether oxygens (including phenoxy) is 1. The van der Waals surface area contributed by atoms with E-state index in [2.05, 4.69) is 10.2 Å². The van der Waals surface area contributed by atoms with Crippen LogP contribution in [0.3, 0.4) is 0 Å². The van der Waals surface area contributed by atoms with Gasteiger partial charge in [-0.05, 0) is 6.08 Å². The first-order valence-corrected chi connectivity index (χ1v) is 4.12. The van der Waals surface area contributed by atoms with Crippen LogP contribution in [0.2, 0.25) is 0 Å². The molecule has 1 radical (unpaired) electrons. The van der Waals surface area contributed by atoms with Gasteiger partial charge in [-0.2, -0.15) is 0 Å². The summed E-state index contributed by atoms with van der Waals surface area (Å²) in [6.07, 6.45) is 3.15. The van der Waals surface area contributed by atoms with Crippen LogP contribution < -0.4 is 5.32 Å². The molecule has 1 unspecified atom stereocenters. The van der Waals surface area contributed by atoms with E-state index in [4.69, 9.17) is 4.74 Å². The van der Waals surface area contributed by atoms with E-state index < -0.39 is 0 Å². The van der Waals surface area contributed by atoms with Crippen LogP contribution >= 0.6 is 0 Å². The van der Waals surface area contributed by atoms with Gasteiger partial charge in [0.15, 0.2) is 6.23 Å². The van der Waals surface area contributed by atoms with E-state index in [9.17, 15) is 4.79 Å². The van der Waals surface area contributed by atoms with Crippen molar-refractivity contribution >= 4 is 5.97 Å². The van der Waals surface area contributed by atoms with Gasteiger partial charge >= 0.3 is 5.97 Å². The molecule has 4 heteroatoms. The fourth-order valence-electron chi connectivity index (χ4n) is 1.43. The topological polar surface area (TPSA) is 43.6 Å². The molecule has 2 rings (SSSR count). The molecule has 0 aromatic carbocycles. The van der Waals surface area contributed by atoms with Crippen molar-refractivity contribution in [2.24, 2.45) is 0 Å². The van der Waals surface area contributed by atoms with Crippen LogP contribution in [0.1, 0.15) is 0 Å². The molecule has 0 saturated carbocycles. The van der Waals surface area contributed by atoms with Gasteiger partial charge in [-0.25, -0.2) is 10.1 Å². The molecule has 2 aliphatic heterocycles. The lowest BCUT2D eigenvalue weighted by atomic mass is 10.3. The molecule has 1 atom stereocenters. The lowest BCUT2D eigenvalue weighted by Crippen LogP contribution is -2.45. The van der Waals surface area contributed by atoms with E-state index in [1.807, 2.05) is 0 Å². The summed E-state index contributed by atoms with van der Waals surface area (Å²) < 4.78 is 5.04. The molecule has 0 aliphatic carbocycles. The van der Waals surface area contributed by atoms with Crippen molar-refractivity contribution < 1.29 is 9.53 Å². The summed E-state index contributed by atoms with van der Waals surface area (Å²) in [6.45, 7) is 3.48. The molecular formula is C8H11N2O2. The van der Waals surface area contributed by atoms with E-state index in [0.29, 0.717) is 0 Å². The van der Waals surface area contributed by atoms with Crippen molar-refractivity contribution in [3.63, 3.8) is 0 Å². The zero-order chi connectivity index (χ0) is 8.39. The minimum atomic E-state index is -0.234. The van der Waals surface area contributed by atoms with Gasteiger partial charge in [0, 0.05) is 32.3 Å². The SMILES string of the molecule is O=C1C=CC(N2CC[N]CC2)O1. The minimum absolute atomic E-state index is 0.131. The monoisotopic (exact) mass is 167 g/mol. The number of esters is 1. The Morgan fingerprint density at radius 2 is 2.25 bits per heavy atom. The standard InChI is InChI=1S/C8H11N2O2/c11-8-2-1-7(12-8)10-5-3-9-4-6-10/h1-2,7H,3-6H2. The summed E-state index contributed by atoms with van der Waals surface area (Å²) in [6, 6.07) is 0. The highest BCUT2D eigenvalue weighted by atomic mass is 16.6. The van der Waals surface area contributed by atoms with Gasteiger partial charge in [-0.3, -0.25) is 4.90 Å². The molecule has 0 bridgehead atoms. The number of rotatable bonds is 1. The van der Waals surface area contributed by atoms with Crippen molar-refractivity contribution in [1.29, 1.82) is 0 Å². The number of cyclic esters (lactones) is 1. The summed E-state index contributed by atoms with van der Waals surface area (Å²) in [4.78, 5) is 12.9. The van der Waals surface area contributed by atoms with Crippen molar-refractivity contribution in [2.45, 2.75) is 6.23 Å². The Morgan fingerprint density at radius 1 is 1.50 bits per heavy atom. The molecule has 0 amide bonds. The van der Waals surface area contributed by atoms with E-state index in [-0.39, 0.29) is 12.2 Å². The highest BCUT2D eigenvalue weighted by molar-refractivity contribution is 5.84. The summed E-state index contributed by atoms with van der Waals surface area (Å²) >= 11 is 0. The van der Waals surface area contributed by atoms with Crippen molar-refractivity contribution in [1.82, 2.24) is 10.2 Å². The molecular weight excluding hydrogens is 156 g/mol. The Bertz CT molecular complexity index is 209. The van der Waals surface area contributed by atoms with Crippen LogP contribution in [0, 0.1) is 0 Å². The first kappa shape index (κ1) is 7.76. The molecule has 4 nitrogen and oxygen atoms in total. The average Bonchev–Trinajstić information content (AvgIpc) is 2.54. The molecule has 1 fully saturated rings. The zero-order valence-corrected chi connectivity index (χ0v) is 6.77. The van der Waals surface area contributed by atoms with E-state index >= 15 is 0 Å².